The van der Waals surface area contributed by atoms with Gasteiger partial charge in [0.1, 0.15) is 0 Å². The lowest BCUT2D eigenvalue weighted by molar-refractivity contribution is 0.275. The van der Waals surface area contributed by atoms with Gasteiger partial charge >= 0.3 is 0 Å². The van der Waals surface area contributed by atoms with E-state index in [1.807, 2.05) is 7.05 Å². The first kappa shape index (κ1) is 10.8. The number of nitrogens with one attached hydrogen (secondary N) is 1. The number of hydrogen-bond donors (Lipinski definition) is 1. The minimum absolute atomic E-state index is 0. The predicted octanol–water partition coefficient (Wildman–Crippen LogP) is 2.26. The molecule has 0 radical (unpaired) electrons. The molecule has 0 bridgehead atoms. The molecule has 0 aliphatic carbocycles. The summed E-state index contributed by atoms with van der Waals surface area (Å²) in [6.45, 7) is 1.94. The van der Waals surface area contributed by atoms with Gasteiger partial charge < -0.3 is 10.1 Å². The third-order valence-corrected chi connectivity index (χ3v) is 3.09. The minimum atomic E-state index is 0. The molecule has 1 unspecified atom stereocenters. The lowest BCUT2D eigenvalue weighted by Crippen LogP contribution is -2.22. The summed E-state index contributed by atoms with van der Waals surface area (Å²) in [5.74, 6) is 0.657. The van der Waals surface area contributed by atoms with E-state index in [9.17, 15) is 0 Å². The van der Waals surface area contributed by atoms with Crippen LogP contribution in [0.4, 0.5) is 0 Å². The van der Waals surface area contributed by atoms with Crippen molar-refractivity contribution in [2.24, 2.45) is 0 Å². The second-order valence-corrected chi connectivity index (χ2v) is 3.93. The highest BCUT2D eigenvalue weighted by Crippen LogP contribution is 2.37. The number of rotatable bonds is 2. The summed E-state index contributed by atoms with van der Waals surface area (Å²) in [6.07, 6.45) is 1.14. The van der Waals surface area contributed by atoms with Crippen molar-refractivity contribution < 1.29 is 4.74 Å². The van der Waals surface area contributed by atoms with Crippen LogP contribution in [0.3, 0.4) is 0 Å². The molecule has 2 heterocycles. The highest BCUT2D eigenvalue weighted by molar-refractivity contribution is 7.12. The first-order valence-corrected chi connectivity index (χ1v) is 5.14. The molecular weight excluding hydrogens is 206 g/mol. The summed E-state index contributed by atoms with van der Waals surface area (Å²) in [5, 5.41) is 6.45. The SMILES string of the molecule is CNCC1CCOc2sccc21.Cl. The van der Waals surface area contributed by atoms with Crippen molar-refractivity contribution in [2.45, 2.75) is 12.3 Å². The van der Waals surface area contributed by atoms with Crippen LogP contribution in [-0.2, 0) is 0 Å². The molecule has 0 aromatic carbocycles. The molecule has 13 heavy (non-hydrogen) atoms. The molecule has 1 atom stereocenters. The molecule has 0 saturated carbocycles. The fourth-order valence-corrected chi connectivity index (χ4v) is 2.49. The Labute approximate surface area is 88.7 Å². The van der Waals surface area contributed by atoms with Crippen LogP contribution in [0.1, 0.15) is 17.9 Å². The molecule has 74 valence electrons. The lowest BCUT2D eigenvalue weighted by atomic mass is 9.97. The van der Waals surface area contributed by atoms with Crippen LogP contribution in [0.5, 0.6) is 5.06 Å². The molecule has 0 spiro atoms. The van der Waals surface area contributed by atoms with E-state index in [4.69, 9.17) is 4.74 Å². The van der Waals surface area contributed by atoms with Crippen LogP contribution >= 0.6 is 23.7 Å². The van der Waals surface area contributed by atoms with Gasteiger partial charge in [-0.1, -0.05) is 0 Å². The van der Waals surface area contributed by atoms with Crippen molar-refractivity contribution in [3.8, 4) is 5.06 Å². The summed E-state index contributed by atoms with van der Waals surface area (Å²) in [4.78, 5) is 0. The van der Waals surface area contributed by atoms with E-state index in [-0.39, 0.29) is 12.4 Å². The minimum Gasteiger partial charge on any atom is -0.484 e. The predicted molar refractivity (Wildman–Crippen MR) is 58.3 cm³/mol. The largest absolute Gasteiger partial charge is 0.484 e. The second-order valence-electron chi connectivity index (χ2n) is 3.06. The third-order valence-electron chi connectivity index (χ3n) is 2.25. The Hall–Kier alpha value is -0.250. The van der Waals surface area contributed by atoms with Gasteiger partial charge in [-0.3, -0.25) is 0 Å². The van der Waals surface area contributed by atoms with E-state index in [1.165, 1.54) is 5.56 Å². The fourth-order valence-electron chi connectivity index (χ4n) is 1.63. The summed E-state index contributed by atoms with van der Waals surface area (Å²) in [6, 6.07) is 2.18. The molecule has 0 saturated heterocycles. The molecule has 0 amide bonds. The van der Waals surface area contributed by atoms with Gasteiger partial charge in [0.25, 0.3) is 0 Å². The molecular formula is C9H14ClNOS. The average molecular weight is 220 g/mol. The van der Waals surface area contributed by atoms with Crippen molar-refractivity contribution in [2.75, 3.05) is 20.2 Å². The summed E-state index contributed by atoms with van der Waals surface area (Å²) in [7, 11) is 2.00. The molecule has 1 aliphatic rings. The quantitative estimate of drug-likeness (QED) is 0.824. The van der Waals surface area contributed by atoms with Crippen molar-refractivity contribution in [1.29, 1.82) is 0 Å². The first-order chi connectivity index (χ1) is 5.92. The topological polar surface area (TPSA) is 21.3 Å². The molecule has 1 N–H and O–H groups in total. The first-order valence-electron chi connectivity index (χ1n) is 4.26. The molecule has 0 fully saturated rings. The van der Waals surface area contributed by atoms with Crippen LogP contribution < -0.4 is 10.1 Å². The van der Waals surface area contributed by atoms with Gasteiger partial charge in [0.15, 0.2) is 5.06 Å². The third kappa shape index (κ3) is 2.16. The van der Waals surface area contributed by atoms with Gasteiger partial charge in [0.2, 0.25) is 0 Å². The molecule has 2 nitrogen and oxygen atoms in total. The van der Waals surface area contributed by atoms with Crippen molar-refractivity contribution in [3.63, 3.8) is 0 Å². The Kier molecular flexibility index (Phi) is 4.03. The Morgan fingerprint density at radius 1 is 1.69 bits per heavy atom. The normalized spacial score (nSPS) is 19.9. The van der Waals surface area contributed by atoms with Gasteiger partial charge in [-0.05, 0) is 24.9 Å². The van der Waals surface area contributed by atoms with Crippen molar-refractivity contribution in [1.82, 2.24) is 5.32 Å². The second kappa shape index (κ2) is 4.84. The summed E-state index contributed by atoms with van der Waals surface area (Å²) >= 11 is 1.70. The number of halogens is 1. The van der Waals surface area contributed by atoms with E-state index in [2.05, 4.69) is 16.8 Å². The van der Waals surface area contributed by atoms with E-state index in [0.717, 1.165) is 24.6 Å². The number of fused-ring (bicyclic) bond motifs is 1. The molecule has 1 aromatic heterocycles. The Morgan fingerprint density at radius 2 is 2.54 bits per heavy atom. The zero-order valence-corrected chi connectivity index (χ0v) is 9.21. The van der Waals surface area contributed by atoms with E-state index < -0.39 is 0 Å². The monoisotopic (exact) mass is 219 g/mol. The Bertz CT molecular complexity index is 264. The van der Waals surface area contributed by atoms with Crippen LogP contribution in [0, 0.1) is 0 Å². The maximum atomic E-state index is 5.53. The van der Waals surface area contributed by atoms with Gasteiger partial charge in [-0.25, -0.2) is 0 Å². The van der Waals surface area contributed by atoms with Gasteiger partial charge in [-0.15, -0.1) is 23.7 Å². The maximum absolute atomic E-state index is 5.53. The Morgan fingerprint density at radius 3 is 3.31 bits per heavy atom. The maximum Gasteiger partial charge on any atom is 0.177 e. The van der Waals surface area contributed by atoms with E-state index in [1.54, 1.807) is 11.3 Å². The summed E-state index contributed by atoms with van der Waals surface area (Å²) in [5.41, 5.74) is 1.39. The van der Waals surface area contributed by atoms with Gasteiger partial charge in [-0.2, -0.15) is 0 Å². The Balaban J connectivity index is 0.000000845. The highest BCUT2D eigenvalue weighted by atomic mass is 35.5. The summed E-state index contributed by atoms with van der Waals surface area (Å²) < 4.78 is 5.53. The van der Waals surface area contributed by atoms with Crippen LogP contribution in [0.2, 0.25) is 0 Å². The molecule has 2 rings (SSSR count). The van der Waals surface area contributed by atoms with Crippen LogP contribution in [0.15, 0.2) is 11.4 Å². The molecule has 1 aromatic rings. The molecule has 1 aliphatic heterocycles. The highest BCUT2D eigenvalue weighted by Gasteiger charge is 2.21. The standard InChI is InChI=1S/C9H13NOS.ClH/c1-10-6-7-2-4-11-9-8(7)3-5-12-9;/h3,5,7,10H,2,4,6H2,1H3;1H. The van der Waals surface area contributed by atoms with Crippen molar-refractivity contribution in [3.05, 3.63) is 17.0 Å². The van der Waals surface area contributed by atoms with Gasteiger partial charge in [0, 0.05) is 18.0 Å². The fraction of sp³-hybridized carbons (Fsp3) is 0.556. The zero-order valence-electron chi connectivity index (χ0n) is 7.58. The number of thiophene rings is 1. The smallest absolute Gasteiger partial charge is 0.177 e. The van der Waals surface area contributed by atoms with E-state index >= 15 is 0 Å². The lowest BCUT2D eigenvalue weighted by Gasteiger charge is -2.22. The number of hydrogen-bond acceptors (Lipinski definition) is 3. The van der Waals surface area contributed by atoms with Crippen LogP contribution in [-0.4, -0.2) is 20.2 Å². The van der Waals surface area contributed by atoms with Crippen molar-refractivity contribution >= 4 is 23.7 Å². The number of ether oxygens (including phenoxy) is 1. The van der Waals surface area contributed by atoms with Crippen LogP contribution in [0.25, 0.3) is 0 Å². The number of likely N-dealkylation sites (N-methyl/N-ethyl adjacent to an activating group) is 1. The van der Waals surface area contributed by atoms with E-state index in [0.29, 0.717) is 5.92 Å². The molecule has 4 heteroatoms. The zero-order chi connectivity index (χ0) is 8.39. The average Bonchev–Trinajstić information content (AvgIpc) is 2.53. The van der Waals surface area contributed by atoms with Gasteiger partial charge in [0.05, 0.1) is 6.61 Å².